The molecule has 1 atom stereocenters. The zero-order chi connectivity index (χ0) is 21.4. The molecule has 11 heteroatoms. The fourth-order valence-electron chi connectivity index (χ4n) is 2.86. The van der Waals surface area contributed by atoms with Crippen LogP contribution >= 0.6 is 34.7 Å². The number of halogens is 1. The summed E-state index contributed by atoms with van der Waals surface area (Å²) in [6.07, 6.45) is 2.27. The number of carbonyl (C=O) groups excluding carboxylic acids is 1. The van der Waals surface area contributed by atoms with E-state index in [9.17, 15) is 14.9 Å². The lowest BCUT2D eigenvalue weighted by Crippen LogP contribution is -2.11. The van der Waals surface area contributed by atoms with Crippen molar-refractivity contribution in [1.82, 2.24) is 10.2 Å². The van der Waals surface area contributed by atoms with Crippen molar-refractivity contribution < 1.29 is 14.1 Å². The number of aryl methyl sites for hydroxylation is 1. The minimum absolute atomic E-state index is 0.105. The molecule has 1 saturated heterocycles. The monoisotopic (exact) mass is 460 g/mol. The average molecular weight is 461 g/mol. The zero-order valence-electron chi connectivity index (χ0n) is 15.4. The Morgan fingerprint density at radius 1 is 1.33 bits per heavy atom. The number of allylic oxidation sites excluding steroid dienone is 1. The van der Waals surface area contributed by atoms with Crippen LogP contribution in [0.25, 0.3) is 17.4 Å². The average Bonchev–Trinajstić information content (AvgIpc) is 3.42. The summed E-state index contributed by atoms with van der Waals surface area (Å²) in [5.74, 6) is -0.243. The molecule has 1 fully saturated rings. The first-order chi connectivity index (χ1) is 14.4. The van der Waals surface area contributed by atoms with Crippen LogP contribution < -0.4 is 0 Å². The summed E-state index contributed by atoms with van der Waals surface area (Å²) in [6, 6.07) is 7.35. The smallest absolute Gasteiger partial charge is 0.270 e. The summed E-state index contributed by atoms with van der Waals surface area (Å²) in [5, 5.41) is 29.1. The number of Topliss-reactive ketones (excluding diaryl/α,β-unsaturated/α-hetero) is 1. The van der Waals surface area contributed by atoms with Gasteiger partial charge in [0.15, 0.2) is 5.78 Å². The van der Waals surface area contributed by atoms with Crippen LogP contribution in [0.4, 0.5) is 5.69 Å². The highest BCUT2D eigenvalue weighted by Gasteiger charge is 2.39. The second-order valence-corrected chi connectivity index (χ2v) is 8.87. The lowest BCUT2D eigenvalue weighted by molar-refractivity contribution is -0.384. The van der Waals surface area contributed by atoms with Crippen LogP contribution in [-0.4, -0.2) is 25.9 Å². The van der Waals surface area contributed by atoms with Crippen LogP contribution in [0, 0.1) is 15.5 Å². The molecule has 8 nitrogen and oxygen atoms in total. The van der Waals surface area contributed by atoms with Gasteiger partial charge in [-0.05, 0) is 30.7 Å². The highest BCUT2D eigenvalue weighted by Crippen LogP contribution is 2.42. The van der Waals surface area contributed by atoms with Gasteiger partial charge in [0, 0.05) is 17.7 Å². The third-order valence-corrected chi connectivity index (χ3v) is 6.80. The predicted octanol–water partition coefficient (Wildman–Crippen LogP) is 5.34. The number of aromatic nitrogens is 2. The zero-order valence-corrected chi connectivity index (χ0v) is 17.8. The normalized spacial score (nSPS) is 17.8. The topological polar surface area (TPSA) is 123 Å². The number of nitrogens with zero attached hydrogens (tertiary/aromatic N) is 3. The molecule has 2 aromatic heterocycles. The molecule has 1 aliphatic rings. The van der Waals surface area contributed by atoms with Gasteiger partial charge < -0.3 is 4.42 Å². The Kier molecular flexibility index (Phi) is 5.54. The van der Waals surface area contributed by atoms with E-state index in [2.05, 4.69) is 10.2 Å². The molecule has 0 amide bonds. The number of rotatable bonds is 5. The summed E-state index contributed by atoms with van der Waals surface area (Å²) < 4.78 is 5.75. The van der Waals surface area contributed by atoms with Gasteiger partial charge in [0.05, 0.1) is 19.9 Å². The molecule has 1 N–H and O–H groups in total. The van der Waals surface area contributed by atoms with Crippen LogP contribution in [0.15, 0.2) is 39.7 Å². The van der Waals surface area contributed by atoms with Gasteiger partial charge in [-0.2, -0.15) is 0 Å². The molecule has 1 aromatic carbocycles. The van der Waals surface area contributed by atoms with E-state index in [1.165, 1.54) is 29.5 Å². The molecule has 3 heterocycles. The Hall–Kier alpha value is -2.82. The van der Waals surface area contributed by atoms with Crippen molar-refractivity contribution in [3.8, 4) is 11.3 Å². The lowest BCUT2D eigenvalue weighted by atomic mass is 10.1. The molecule has 1 aliphatic heterocycles. The summed E-state index contributed by atoms with van der Waals surface area (Å²) in [4.78, 5) is 23.7. The summed E-state index contributed by atoms with van der Waals surface area (Å²) in [7, 11) is 0. The third-order valence-electron chi connectivity index (χ3n) is 4.35. The maximum absolute atomic E-state index is 12.8. The summed E-state index contributed by atoms with van der Waals surface area (Å²) in [5.41, 5.74) is 0.277. The van der Waals surface area contributed by atoms with Crippen molar-refractivity contribution in [3.63, 3.8) is 0 Å². The fourth-order valence-corrected chi connectivity index (χ4v) is 5.00. The Morgan fingerprint density at radius 2 is 2.13 bits per heavy atom. The van der Waals surface area contributed by atoms with Gasteiger partial charge in [-0.3, -0.25) is 20.3 Å². The number of benzene rings is 1. The molecule has 3 aromatic rings. The van der Waals surface area contributed by atoms with E-state index in [1.54, 1.807) is 18.2 Å². The largest absolute Gasteiger partial charge is 0.457 e. The van der Waals surface area contributed by atoms with Gasteiger partial charge >= 0.3 is 0 Å². The number of nitro benzene ring substituents is 1. The van der Waals surface area contributed by atoms with E-state index in [0.717, 1.165) is 23.2 Å². The fraction of sp³-hybridized carbons (Fsp3) is 0.158. The van der Waals surface area contributed by atoms with Crippen LogP contribution in [0.2, 0.25) is 5.02 Å². The van der Waals surface area contributed by atoms with Gasteiger partial charge in [0.2, 0.25) is 0 Å². The van der Waals surface area contributed by atoms with Crippen LogP contribution in [0.5, 0.6) is 0 Å². The second kappa shape index (κ2) is 8.13. The molecule has 152 valence electrons. The minimum atomic E-state index is -0.736. The van der Waals surface area contributed by atoms with Crippen molar-refractivity contribution in [3.05, 3.63) is 66.1 Å². The maximum Gasteiger partial charge on any atom is 0.270 e. The van der Waals surface area contributed by atoms with E-state index >= 15 is 0 Å². The number of nitro groups is 1. The Labute approximate surface area is 183 Å². The van der Waals surface area contributed by atoms with Crippen molar-refractivity contribution in [2.45, 2.75) is 19.3 Å². The van der Waals surface area contributed by atoms with Gasteiger partial charge in [-0.15, -0.1) is 21.5 Å². The van der Waals surface area contributed by atoms with E-state index in [-0.39, 0.29) is 16.5 Å². The molecular weight excluding hydrogens is 448 g/mol. The quantitative estimate of drug-likeness (QED) is 0.309. The number of non-ortho nitro benzene ring substituents is 1. The van der Waals surface area contributed by atoms with Crippen molar-refractivity contribution in [1.29, 1.82) is 5.41 Å². The molecule has 0 saturated carbocycles. The van der Waals surface area contributed by atoms with Gasteiger partial charge in [0.1, 0.15) is 27.5 Å². The van der Waals surface area contributed by atoms with E-state index < -0.39 is 10.8 Å². The standard InChI is InChI=1S/C19H13ClN4O4S2/c1-2-15-22-23-19(30-15)16-17(25)14(29-18(16)21)8-10-4-6-13(28-10)11-7-9(24(26)27)3-5-12(11)20/h3-8,16,21H,2H2,1H3/b14-8-,21-18?/t16-/m1/s1. The van der Waals surface area contributed by atoms with E-state index in [4.69, 9.17) is 21.4 Å². The first kappa shape index (κ1) is 20.5. The molecular formula is C19H13ClN4O4S2. The van der Waals surface area contributed by atoms with Gasteiger partial charge in [0.25, 0.3) is 5.69 Å². The number of hydrogen-bond donors (Lipinski definition) is 1. The van der Waals surface area contributed by atoms with Gasteiger partial charge in [-0.25, -0.2) is 0 Å². The first-order valence-corrected chi connectivity index (χ1v) is 10.8. The Balaban J connectivity index is 1.62. The lowest BCUT2D eigenvalue weighted by Gasteiger charge is -2.01. The van der Waals surface area contributed by atoms with Crippen LogP contribution in [-0.2, 0) is 11.2 Å². The number of hydrogen-bond acceptors (Lipinski definition) is 9. The summed E-state index contributed by atoms with van der Waals surface area (Å²) >= 11 is 8.56. The van der Waals surface area contributed by atoms with Crippen LogP contribution in [0.3, 0.4) is 0 Å². The predicted molar refractivity (Wildman–Crippen MR) is 116 cm³/mol. The SMILES string of the molecule is CCc1nnc([C@H]2C(=N)S/C(=C\c3ccc(-c4cc([N+](=O)[O-])ccc4Cl)o3)C2=O)s1. The van der Waals surface area contributed by atoms with E-state index in [0.29, 0.717) is 32.0 Å². The number of nitrogens with one attached hydrogen (secondary N) is 1. The third kappa shape index (κ3) is 3.81. The number of furan rings is 1. The first-order valence-electron chi connectivity index (χ1n) is 8.76. The van der Waals surface area contributed by atoms with E-state index in [1.807, 2.05) is 6.92 Å². The molecule has 0 radical (unpaired) electrons. The Bertz CT molecular complexity index is 1220. The maximum atomic E-state index is 12.8. The molecule has 0 aliphatic carbocycles. The summed E-state index contributed by atoms with van der Waals surface area (Å²) in [6.45, 7) is 1.95. The molecule has 0 unspecified atom stereocenters. The minimum Gasteiger partial charge on any atom is -0.457 e. The van der Waals surface area contributed by atoms with Crippen molar-refractivity contribution >= 4 is 57.3 Å². The van der Waals surface area contributed by atoms with Crippen molar-refractivity contribution in [2.24, 2.45) is 0 Å². The molecule has 30 heavy (non-hydrogen) atoms. The van der Waals surface area contributed by atoms with Crippen LogP contribution in [0.1, 0.15) is 28.6 Å². The highest BCUT2D eigenvalue weighted by atomic mass is 35.5. The number of carbonyl (C=O) groups is 1. The molecule has 4 rings (SSSR count). The highest BCUT2D eigenvalue weighted by molar-refractivity contribution is 8.19. The number of thioether (sulfide) groups is 1. The number of ketones is 1. The molecule has 0 bridgehead atoms. The van der Waals surface area contributed by atoms with Crippen molar-refractivity contribution in [2.75, 3.05) is 0 Å². The second-order valence-electron chi connectivity index (χ2n) is 6.28. The van der Waals surface area contributed by atoms with Gasteiger partial charge in [-0.1, -0.05) is 30.3 Å². The molecule has 0 spiro atoms. The Morgan fingerprint density at radius 3 is 2.83 bits per heavy atom.